The SMILES string of the molecule is CNc1ccc(-c2nc3ccc([18F])nc3s2)cc1OC. The molecule has 0 aliphatic heterocycles. The summed E-state index contributed by atoms with van der Waals surface area (Å²) >= 11 is 1.36. The molecule has 4 nitrogen and oxygen atoms in total. The van der Waals surface area contributed by atoms with Gasteiger partial charge in [-0.15, -0.1) is 0 Å². The second kappa shape index (κ2) is 5.05. The summed E-state index contributed by atoms with van der Waals surface area (Å²) < 4.78 is 18.4. The van der Waals surface area contributed by atoms with E-state index in [0.29, 0.717) is 10.3 Å². The maximum atomic E-state index is 13.1. The quantitative estimate of drug-likeness (QED) is 0.749. The number of pyridine rings is 1. The molecule has 1 aromatic carbocycles. The highest BCUT2D eigenvalue weighted by Crippen LogP contribution is 2.34. The summed E-state index contributed by atoms with van der Waals surface area (Å²) in [5.74, 6) is 0.249. The van der Waals surface area contributed by atoms with E-state index in [1.54, 1.807) is 13.2 Å². The van der Waals surface area contributed by atoms with Crippen LogP contribution in [0.15, 0.2) is 30.3 Å². The van der Waals surface area contributed by atoms with E-state index in [0.717, 1.165) is 22.0 Å². The van der Waals surface area contributed by atoms with Gasteiger partial charge in [-0.25, -0.2) is 9.97 Å². The van der Waals surface area contributed by atoms with Crippen LogP contribution in [-0.2, 0) is 0 Å². The maximum absolute atomic E-state index is 13.1. The average molecular weight is 288 g/mol. The Balaban J connectivity index is 2.10. The highest BCUT2D eigenvalue weighted by Gasteiger charge is 2.10. The summed E-state index contributed by atoms with van der Waals surface area (Å²) in [7, 11) is 3.46. The predicted molar refractivity (Wildman–Crippen MR) is 78.9 cm³/mol. The molecule has 0 saturated carbocycles. The monoisotopic (exact) mass is 288 g/mol. The number of hydrogen-bond acceptors (Lipinski definition) is 5. The molecule has 0 aliphatic carbocycles. The van der Waals surface area contributed by atoms with Crippen LogP contribution in [0.3, 0.4) is 0 Å². The first-order valence-corrected chi connectivity index (χ1v) is 6.82. The maximum Gasteiger partial charge on any atom is 0.214 e. The first-order chi connectivity index (χ1) is 9.71. The molecule has 0 spiro atoms. The fourth-order valence-corrected chi connectivity index (χ4v) is 2.87. The van der Waals surface area contributed by atoms with Crippen molar-refractivity contribution in [3.63, 3.8) is 0 Å². The Bertz CT molecular complexity index is 772. The zero-order valence-corrected chi connectivity index (χ0v) is 11.8. The van der Waals surface area contributed by atoms with Gasteiger partial charge in [0.2, 0.25) is 5.95 Å². The van der Waals surface area contributed by atoms with Gasteiger partial charge in [-0.05, 0) is 30.3 Å². The number of rotatable bonds is 3. The van der Waals surface area contributed by atoms with E-state index >= 15 is 0 Å². The second-order valence-corrected chi connectivity index (χ2v) is 5.12. The third-order valence-electron chi connectivity index (χ3n) is 2.94. The molecule has 3 aromatic rings. The van der Waals surface area contributed by atoms with Gasteiger partial charge in [0.15, 0.2) is 0 Å². The predicted octanol–water partition coefficient (Wildman–Crippen LogP) is 3.55. The number of halogens is 1. The Morgan fingerprint density at radius 1 is 1.20 bits per heavy atom. The van der Waals surface area contributed by atoms with E-state index in [1.807, 2.05) is 25.2 Å². The van der Waals surface area contributed by atoms with E-state index in [-0.39, 0.29) is 0 Å². The van der Waals surface area contributed by atoms with Crippen molar-refractivity contribution < 1.29 is 9.13 Å². The number of methoxy groups -OCH3 is 1. The first-order valence-electron chi connectivity index (χ1n) is 6.00. The average Bonchev–Trinajstić information content (AvgIpc) is 2.89. The van der Waals surface area contributed by atoms with Crippen LogP contribution in [0.2, 0.25) is 0 Å². The molecule has 0 aliphatic rings. The van der Waals surface area contributed by atoms with E-state index < -0.39 is 5.95 Å². The molecule has 0 fully saturated rings. The van der Waals surface area contributed by atoms with E-state index in [9.17, 15) is 4.39 Å². The number of ether oxygens (including phenoxy) is 1. The number of nitrogens with zero attached hydrogens (tertiary/aromatic N) is 2. The van der Waals surface area contributed by atoms with Crippen molar-refractivity contribution in [1.82, 2.24) is 9.97 Å². The second-order valence-electron chi connectivity index (χ2n) is 4.14. The molecule has 20 heavy (non-hydrogen) atoms. The first kappa shape index (κ1) is 12.8. The summed E-state index contributed by atoms with van der Waals surface area (Å²) in [4.78, 5) is 8.91. The van der Waals surface area contributed by atoms with Crippen LogP contribution in [0.25, 0.3) is 20.9 Å². The van der Waals surface area contributed by atoms with Gasteiger partial charge in [0.1, 0.15) is 21.1 Å². The number of aromatic nitrogens is 2. The van der Waals surface area contributed by atoms with Crippen LogP contribution in [0.5, 0.6) is 5.75 Å². The van der Waals surface area contributed by atoms with E-state index in [4.69, 9.17) is 4.74 Å². The van der Waals surface area contributed by atoms with Gasteiger partial charge in [-0.1, -0.05) is 11.3 Å². The summed E-state index contributed by atoms with van der Waals surface area (Å²) in [5.41, 5.74) is 2.52. The molecule has 0 amide bonds. The number of anilines is 1. The van der Waals surface area contributed by atoms with Crippen molar-refractivity contribution in [1.29, 1.82) is 0 Å². The fourth-order valence-electron chi connectivity index (χ4n) is 1.95. The Morgan fingerprint density at radius 3 is 2.80 bits per heavy atom. The Labute approximate surface area is 119 Å². The fraction of sp³-hybridized carbons (Fsp3) is 0.143. The van der Waals surface area contributed by atoms with Gasteiger partial charge in [0.05, 0.1) is 12.8 Å². The van der Waals surface area contributed by atoms with Crippen molar-refractivity contribution in [2.75, 3.05) is 19.5 Å². The molecule has 2 heterocycles. The highest BCUT2D eigenvalue weighted by molar-refractivity contribution is 7.21. The Morgan fingerprint density at radius 2 is 2.05 bits per heavy atom. The lowest BCUT2D eigenvalue weighted by atomic mass is 10.2. The van der Waals surface area contributed by atoms with Gasteiger partial charge >= 0.3 is 0 Å². The number of benzene rings is 1. The van der Waals surface area contributed by atoms with Crippen LogP contribution >= 0.6 is 11.3 Å². The molecular weight excluding hydrogens is 276 g/mol. The van der Waals surface area contributed by atoms with Crippen molar-refractivity contribution in [3.8, 4) is 16.3 Å². The van der Waals surface area contributed by atoms with Crippen LogP contribution in [0.1, 0.15) is 0 Å². The van der Waals surface area contributed by atoms with E-state index in [2.05, 4.69) is 15.3 Å². The normalized spacial score (nSPS) is 10.8. The Kier molecular flexibility index (Phi) is 3.23. The minimum Gasteiger partial charge on any atom is -0.495 e. The molecule has 3 rings (SSSR count). The van der Waals surface area contributed by atoms with Crippen molar-refractivity contribution in [2.45, 2.75) is 0 Å². The molecule has 0 radical (unpaired) electrons. The number of thiazole rings is 1. The number of nitrogens with one attached hydrogen (secondary N) is 1. The summed E-state index contributed by atoms with van der Waals surface area (Å²) in [6, 6.07) is 8.73. The zero-order valence-electron chi connectivity index (χ0n) is 11.0. The third-order valence-corrected chi connectivity index (χ3v) is 3.95. The molecule has 0 bridgehead atoms. The van der Waals surface area contributed by atoms with Crippen LogP contribution in [0.4, 0.5) is 10.1 Å². The van der Waals surface area contributed by atoms with Crippen molar-refractivity contribution in [3.05, 3.63) is 36.3 Å². The van der Waals surface area contributed by atoms with E-state index in [1.165, 1.54) is 17.4 Å². The summed E-state index contributed by atoms with van der Waals surface area (Å²) in [6.45, 7) is 0. The lowest BCUT2D eigenvalue weighted by molar-refractivity contribution is 0.417. The largest absolute Gasteiger partial charge is 0.495 e. The number of fused-ring (bicyclic) bond motifs is 1. The molecule has 0 saturated heterocycles. The van der Waals surface area contributed by atoms with Gasteiger partial charge in [-0.2, -0.15) is 4.39 Å². The molecule has 2 aromatic heterocycles. The topological polar surface area (TPSA) is 47.0 Å². The smallest absolute Gasteiger partial charge is 0.214 e. The molecular formula is C14H12FN3OS. The summed E-state index contributed by atoms with van der Waals surface area (Å²) in [5, 5.41) is 3.85. The van der Waals surface area contributed by atoms with Crippen LogP contribution in [-0.4, -0.2) is 24.1 Å². The van der Waals surface area contributed by atoms with Gasteiger partial charge in [0, 0.05) is 12.6 Å². The van der Waals surface area contributed by atoms with Gasteiger partial charge in [0.25, 0.3) is 0 Å². The highest BCUT2D eigenvalue weighted by atomic mass is 32.1. The standard InChI is InChI=1S/C14H12FN3OS/c1-16-9-4-3-8(7-11(9)19-2)13-17-10-5-6-12(15)18-14(10)20-13/h3-7,16H,1-2H3/i15-1. The number of hydrogen-bond donors (Lipinski definition) is 1. The molecule has 6 heteroatoms. The van der Waals surface area contributed by atoms with Crippen molar-refractivity contribution in [2.24, 2.45) is 0 Å². The Hall–Kier alpha value is -2.21. The lowest BCUT2D eigenvalue weighted by Crippen LogP contribution is -1.93. The van der Waals surface area contributed by atoms with Crippen LogP contribution in [0, 0.1) is 5.95 Å². The summed E-state index contributed by atoms with van der Waals surface area (Å²) in [6.07, 6.45) is 0. The third kappa shape index (κ3) is 2.18. The lowest BCUT2D eigenvalue weighted by Gasteiger charge is -2.08. The molecule has 0 unspecified atom stereocenters. The minimum absolute atomic E-state index is 0.490. The minimum atomic E-state index is -0.490. The van der Waals surface area contributed by atoms with Crippen molar-refractivity contribution >= 4 is 27.4 Å². The molecule has 1 N–H and O–H groups in total. The molecule has 102 valence electrons. The van der Waals surface area contributed by atoms with Gasteiger partial charge in [-0.3, -0.25) is 0 Å². The van der Waals surface area contributed by atoms with Gasteiger partial charge < -0.3 is 10.1 Å². The molecule has 0 atom stereocenters. The zero-order chi connectivity index (χ0) is 14.1. The van der Waals surface area contributed by atoms with Crippen LogP contribution < -0.4 is 10.1 Å².